The van der Waals surface area contributed by atoms with Gasteiger partial charge < -0.3 is 10.2 Å². The Morgan fingerprint density at radius 3 is 2.94 bits per heavy atom. The van der Waals surface area contributed by atoms with Crippen LogP contribution in [0, 0.1) is 12.8 Å². The van der Waals surface area contributed by atoms with Crippen LogP contribution in [-0.2, 0) is 6.54 Å². The van der Waals surface area contributed by atoms with Crippen LogP contribution in [0.15, 0.2) is 12.1 Å². The summed E-state index contributed by atoms with van der Waals surface area (Å²) in [6.45, 7) is 7.63. The summed E-state index contributed by atoms with van der Waals surface area (Å²) >= 11 is 0. The first-order chi connectivity index (χ1) is 8.20. The Morgan fingerprint density at radius 1 is 1.47 bits per heavy atom. The summed E-state index contributed by atoms with van der Waals surface area (Å²) in [5.41, 5.74) is 2.44. The fourth-order valence-electron chi connectivity index (χ4n) is 2.53. The minimum Gasteiger partial charge on any atom is -0.356 e. The Kier molecular flexibility index (Phi) is 4.00. The maximum atomic E-state index is 4.74. The Morgan fingerprint density at radius 2 is 2.29 bits per heavy atom. The first kappa shape index (κ1) is 12.4. The van der Waals surface area contributed by atoms with Crippen molar-refractivity contribution < 1.29 is 0 Å². The van der Waals surface area contributed by atoms with Gasteiger partial charge in [0.25, 0.3) is 0 Å². The summed E-state index contributed by atoms with van der Waals surface area (Å²) in [6, 6.07) is 4.37. The Balaban J connectivity index is 2.13. The van der Waals surface area contributed by atoms with E-state index in [-0.39, 0.29) is 0 Å². The molecule has 0 saturated carbocycles. The van der Waals surface area contributed by atoms with Crippen LogP contribution in [0.1, 0.15) is 31.0 Å². The van der Waals surface area contributed by atoms with Crippen LogP contribution >= 0.6 is 0 Å². The normalized spacial score (nSPS) is 20.6. The van der Waals surface area contributed by atoms with Gasteiger partial charge in [0.1, 0.15) is 5.82 Å². The van der Waals surface area contributed by atoms with Crippen LogP contribution in [0.5, 0.6) is 0 Å². The standard InChI is InChI=1S/C14H23N3/c1-11-5-4-8-17(10-11)14-7-6-13(9-15-3)12(2)16-14/h6-7,11,15H,4-5,8-10H2,1-3H3. The lowest BCUT2D eigenvalue weighted by Gasteiger charge is -2.32. The quantitative estimate of drug-likeness (QED) is 0.868. The van der Waals surface area contributed by atoms with E-state index in [1.807, 2.05) is 7.05 Å². The van der Waals surface area contributed by atoms with Gasteiger partial charge in [0.05, 0.1) is 0 Å². The molecule has 94 valence electrons. The van der Waals surface area contributed by atoms with Crippen molar-refractivity contribution in [2.45, 2.75) is 33.2 Å². The number of piperidine rings is 1. The minimum atomic E-state index is 0.794. The van der Waals surface area contributed by atoms with Gasteiger partial charge in [0.2, 0.25) is 0 Å². The molecule has 3 nitrogen and oxygen atoms in total. The first-order valence-corrected chi connectivity index (χ1v) is 6.56. The third kappa shape index (κ3) is 2.97. The fourth-order valence-corrected chi connectivity index (χ4v) is 2.53. The van der Waals surface area contributed by atoms with Gasteiger partial charge in [-0.15, -0.1) is 0 Å². The molecule has 1 N–H and O–H groups in total. The number of pyridine rings is 1. The zero-order valence-electron chi connectivity index (χ0n) is 11.2. The summed E-state index contributed by atoms with van der Waals surface area (Å²) in [5.74, 6) is 1.94. The van der Waals surface area contributed by atoms with Crippen LogP contribution in [0.4, 0.5) is 5.82 Å². The van der Waals surface area contributed by atoms with Crippen molar-refractivity contribution in [3.05, 3.63) is 23.4 Å². The van der Waals surface area contributed by atoms with E-state index >= 15 is 0 Å². The maximum Gasteiger partial charge on any atom is 0.128 e. The number of nitrogens with one attached hydrogen (secondary N) is 1. The van der Waals surface area contributed by atoms with Gasteiger partial charge in [-0.2, -0.15) is 0 Å². The van der Waals surface area contributed by atoms with E-state index in [9.17, 15) is 0 Å². The van der Waals surface area contributed by atoms with Crippen molar-refractivity contribution in [3.8, 4) is 0 Å². The molecule has 0 aromatic carbocycles. The number of aryl methyl sites for hydroxylation is 1. The van der Waals surface area contributed by atoms with Gasteiger partial charge in [0.15, 0.2) is 0 Å². The van der Waals surface area contributed by atoms with Crippen molar-refractivity contribution in [2.75, 3.05) is 25.0 Å². The smallest absolute Gasteiger partial charge is 0.128 e. The molecule has 1 saturated heterocycles. The molecule has 2 rings (SSSR count). The van der Waals surface area contributed by atoms with Crippen molar-refractivity contribution >= 4 is 5.82 Å². The molecule has 0 aliphatic carbocycles. The number of nitrogens with zero attached hydrogens (tertiary/aromatic N) is 2. The van der Waals surface area contributed by atoms with Gasteiger partial charge in [-0.3, -0.25) is 0 Å². The largest absolute Gasteiger partial charge is 0.356 e. The van der Waals surface area contributed by atoms with Crippen LogP contribution in [-0.4, -0.2) is 25.1 Å². The second kappa shape index (κ2) is 5.50. The predicted molar refractivity (Wildman–Crippen MR) is 72.3 cm³/mol. The summed E-state index contributed by atoms with van der Waals surface area (Å²) in [6.07, 6.45) is 2.65. The highest BCUT2D eigenvalue weighted by atomic mass is 15.2. The molecule has 3 heteroatoms. The Labute approximate surface area is 104 Å². The molecule has 2 heterocycles. The average molecular weight is 233 g/mol. The molecule has 1 fully saturated rings. The second-order valence-corrected chi connectivity index (χ2v) is 5.14. The van der Waals surface area contributed by atoms with E-state index in [1.54, 1.807) is 0 Å². The third-order valence-electron chi connectivity index (χ3n) is 3.53. The maximum absolute atomic E-state index is 4.74. The molecule has 0 spiro atoms. The fraction of sp³-hybridized carbons (Fsp3) is 0.643. The van der Waals surface area contributed by atoms with Gasteiger partial charge in [-0.05, 0) is 44.4 Å². The van der Waals surface area contributed by atoms with Crippen LogP contribution in [0.3, 0.4) is 0 Å². The van der Waals surface area contributed by atoms with Crippen molar-refractivity contribution in [2.24, 2.45) is 5.92 Å². The van der Waals surface area contributed by atoms with Gasteiger partial charge in [0, 0.05) is 25.3 Å². The highest BCUT2D eigenvalue weighted by Crippen LogP contribution is 2.22. The molecule has 1 aliphatic rings. The first-order valence-electron chi connectivity index (χ1n) is 6.56. The number of rotatable bonds is 3. The zero-order chi connectivity index (χ0) is 12.3. The summed E-state index contributed by atoms with van der Waals surface area (Å²) in [7, 11) is 1.97. The minimum absolute atomic E-state index is 0.794. The highest BCUT2D eigenvalue weighted by molar-refractivity contribution is 5.42. The molecule has 0 radical (unpaired) electrons. The number of anilines is 1. The summed E-state index contributed by atoms with van der Waals surface area (Å²) in [5, 5.41) is 3.18. The Hall–Kier alpha value is -1.09. The summed E-state index contributed by atoms with van der Waals surface area (Å²) in [4.78, 5) is 7.16. The molecule has 0 amide bonds. The molecule has 1 aromatic rings. The zero-order valence-corrected chi connectivity index (χ0v) is 11.2. The molecule has 17 heavy (non-hydrogen) atoms. The lowest BCUT2D eigenvalue weighted by atomic mass is 10.0. The summed E-state index contributed by atoms with van der Waals surface area (Å²) < 4.78 is 0. The topological polar surface area (TPSA) is 28.2 Å². The SMILES string of the molecule is CNCc1ccc(N2CCCC(C)C2)nc1C. The lowest BCUT2D eigenvalue weighted by Crippen LogP contribution is -2.34. The monoisotopic (exact) mass is 233 g/mol. The number of hydrogen-bond acceptors (Lipinski definition) is 3. The van der Waals surface area contributed by atoms with Crippen molar-refractivity contribution in [3.63, 3.8) is 0 Å². The van der Waals surface area contributed by atoms with Gasteiger partial charge in [-0.25, -0.2) is 4.98 Å². The number of aromatic nitrogens is 1. The van der Waals surface area contributed by atoms with Crippen molar-refractivity contribution in [1.82, 2.24) is 10.3 Å². The molecule has 1 aromatic heterocycles. The second-order valence-electron chi connectivity index (χ2n) is 5.14. The molecular weight excluding hydrogens is 210 g/mol. The van der Waals surface area contributed by atoms with Gasteiger partial charge in [-0.1, -0.05) is 13.0 Å². The van der Waals surface area contributed by atoms with E-state index in [0.717, 1.165) is 37.1 Å². The van der Waals surface area contributed by atoms with E-state index in [0.29, 0.717) is 0 Å². The van der Waals surface area contributed by atoms with E-state index in [4.69, 9.17) is 4.98 Å². The van der Waals surface area contributed by atoms with Crippen LogP contribution in [0.2, 0.25) is 0 Å². The van der Waals surface area contributed by atoms with E-state index in [1.165, 1.54) is 18.4 Å². The van der Waals surface area contributed by atoms with Gasteiger partial charge >= 0.3 is 0 Å². The van der Waals surface area contributed by atoms with E-state index in [2.05, 4.69) is 36.2 Å². The van der Waals surface area contributed by atoms with Crippen LogP contribution in [0.25, 0.3) is 0 Å². The number of hydrogen-bond donors (Lipinski definition) is 1. The molecular formula is C14H23N3. The third-order valence-corrected chi connectivity index (χ3v) is 3.53. The van der Waals surface area contributed by atoms with Crippen molar-refractivity contribution in [1.29, 1.82) is 0 Å². The highest BCUT2D eigenvalue weighted by Gasteiger charge is 2.17. The lowest BCUT2D eigenvalue weighted by molar-refractivity contribution is 0.444. The average Bonchev–Trinajstić information content (AvgIpc) is 2.32. The van der Waals surface area contributed by atoms with E-state index < -0.39 is 0 Å². The predicted octanol–water partition coefficient (Wildman–Crippen LogP) is 2.35. The molecule has 1 atom stereocenters. The molecule has 0 bridgehead atoms. The molecule has 1 aliphatic heterocycles. The Bertz CT molecular complexity index is 376. The van der Waals surface area contributed by atoms with Crippen LogP contribution < -0.4 is 10.2 Å². The molecule has 1 unspecified atom stereocenters.